The van der Waals surface area contributed by atoms with Crippen LogP contribution in [0.4, 0.5) is 31.0 Å². The molecular weight excluding hydrogens is 407 g/mol. The number of alkyl halides is 3. The van der Waals surface area contributed by atoms with E-state index in [0.717, 1.165) is 30.5 Å². The Morgan fingerprint density at radius 3 is 2.03 bits per heavy atom. The van der Waals surface area contributed by atoms with E-state index in [1.165, 1.54) is 6.07 Å². The Hall–Kier alpha value is -3.43. The number of hydrogen-bond donors (Lipinski definition) is 3. The van der Waals surface area contributed by atoms with Gasteiger partial charge in [0, 0.05) is 32.0 Å². The Morgan fingerprint density at radius 1 is 0.806 bits per heavy atom. The molecule has 7 nitrogen and oxygen atoms in total. The van der Waals surface area contributed by atoms with Crippen LogP contribution < -0.4 is 16.0 Å². The summed E-state index contributed by atoms with van der Waals surface area (Å²) in [7, 11) is 0. The maximum absolute atomic E-state index is 12.9. The van der Waals surface area contributed by atoms with Gasteiger partial charge in [0.25, 0.3) is 0 Å². The van der Waals surface area contributed by atoms with Gasteiger partial charge in [-0.3, -0.25) is 4.98 Å². The molecule has 0 atom stereocenters. The molecular formula is C21H24F3N7. The minimum atomic E-state index is -4.39. The van der Waals surface area contributed by atoms with Gasteiger partial charge in [0.1, 0.15) is 0 Å². The lowest BCUT2D eigenvalue weighted by Gasteiger charge is -2.12. The quantitative estimate of drug-likeness (QED) is 0.400. The largest absolute Gasteiger partial charge is 0.416 e. The molecule has 2 aromatic heterocycles. The molecule has 1 aromatic carbocycles. The highest BCUT2D eigenvalue weighted by Crippen LogP contribution is 2.29. The number of pyridine rings is 1. The van der Waals surface area contributed by atoms with Crippen molar-refractivity contribution >= 4 is 17.8 Å². The molecule has 0 fully saturated rings. The molecule has 164 valence electrons. The van der Waals surface area contributed by atoms with E-state index in [0.29, 0.717) is 30.5 Å². The summed E-state index contributed by atoms with van der Waals surface area (Å²) in [5.41, 5.74) is 0.792. The van der Waals surface area contributed by atoms with Crippen molar-refractivity contribution in [3.63, 3.8) is 0 Å². The molecule has 0 saturated heterocycles. The van der Waals surface area contributed by atoms with Crippen LogP contribution in [-0.2, 0) is 19.3 Å². The minimum absolute atomic E-state index is 0.145. The molecule has 10 heteroatoms. The fraction of sp³-hybridized carbons (Fsp3) is 0.333. The smallest absolute Gasteiger partial charge is 0.354 e. The van der Waals surface area contributed by atoms with E-state index in [1.54, 1.807) is 18.5 Å². The first-order chi connectivity index (χ1) is 14.9. The van der Waals surface area contributed by atoms with Crippen LogP contribution in [0.5, 0.6) is 0 Å². The van der Waals surface area contributed by atoms with Gasteiger partial charge in [-0.15, -0.1) is 0 Å². The molecule has 0 aliphatic carbocycles. The SMILES string of the molecule is CCCCNc1nc(NCc2ccncc2)nc(NCc2cccc(C(F)(F)F)c2)n1. The summed E-state index contributed by atoms with van der Waals surface area (Å²) in [5, 5.41) is 9.28. The van der Waals surface area contributed by atoms with Gasteiger partial charge in [0.2, 0.25) is 17.8 Å². The van der Waals surface area contributed by atoms with Gasteiger partial charge in [-0.2, -0.15) is 28.1 Å². The van der Waals surface area contributed by atoms with Crippen LogP contribution in [0, 0.1) is 0 Å². The third-order valence-corrected chi connectivity index (χ3v) is 4.35. The molecule has 0 saturated carbocycles. The fourth-order valence-electron chi connectivity index (χ4n) is 2.71. The fourth-order valence-corrected chi connectivity index (χ4v) is 2.71. The Balaban J connectivity index is 1.72. The van der Waals surface area contributed by atoms with Gasteiger partial charge < -0.3 is 16.0 Å². The minimum Gasteiger partial charge on any atom is -0.354 e. The van der Waals surface area contributed by atoms with Gasteiger partial charge in [-0.1, -0.05) is 25.5 Å². The number of benzene rings is 1. The zero-order chi connectivity index (χ0) is 22.1. The topological polar surface area (TPSA) is 87.7 Å². The predicted octanol–water partition coefficient (Wildman–Crippen LogP) is 4.72. The highest BCUT2D eigenvalue weighted by atomic mass is 19.4. The van der Waals surface area contributed by atoms with Gasteiger partial charge in [-0.05, 0) is 41.8 Å². The third-order valence-electron chi connectivity index (χ3n) is 4.35. The van der Waals surface area contributed by atoms with Crippen molar-refractivity contribution in [2.45, 2.75) is 39.0 Å². The zero-order valence-electron chi connectivity index (χ0n) is 17.1. The Morgan fingerprint density at radius 2 is 1.42 bits per heavy atom. The summed E-state index contributed by atoms with van der Waals surface area (Å²) in [5.74, 6) is 1.02. The second-order valence-electron chi connectivity index (χ2n) is 6.85. The molecule has 31 heavy (non-hydrogen) atoms. The van der Waals surface area contributed by atoms with Crippen LogP contribution in [0.1, 0.15) is 36.5 Å². The molecule has 0 spiro atoms. The second kappa shape index (κ2) is 10.6. The van der Waals surface area contributed by atoms with Crippen molar-refractivity contribution in [1.82, 2.24) is 19.9 Å². The number of halogens is 3. The average molecular weight is 431 g/mol. The van der Waals surface area contributed by atoms with Gasteiger partial charge in [0.05, 0.1) is 5.56 Å². The van der Waals surface area contributed by atoms with Crippen LogP contribution >= 0.6 is 0 Å². The summed E-state index contributed by atoms with van der Waals surface area (Å²) in [4.78, 5) is 17.0. The van der Waals surface area contributed by atoms with Gasteiger partial charge in [-0.25, -0.2) is 0 Å². The van der Waals surface area contributed by atoms with Gasteiger partial charge >= 0.3 is 6.18 Å². The number of nitrogens with zero attached hydrogens (tertiary/aromatic N) is 4. The van der Waals surface area contributed by atoms with Crippen molar-refractivity contribution in [2.75, 3.05) is 22.5 Å². The first-order valence-electron chi connectivity index (χ1n) is 9.97. The van der Waals surface area contributed by atoms with Crippen LogP contribution in [0.3, 0.4) is 0 Å². The van der Waals surface area contributed by atoms with Crippen molar-refractivity contribution < 1.29 is 13.2 Å². The molecule has 0 aliphatic rings. The lowest BCUT2D eigenvalue weighted by molar-refractivity contribution is -0.137. The summed E-state index contributed by atoms with van der Waals surface area (Å²) in [6, 6.07) is 8.91. The highest BCUT2D eigenvalue weighted by molar-refractivity contribution is 5.43. The van der Waals surface area contributed by atoms with Crippen molar-refractivity contribution in [1.29, 1.82) is 0 Å². The van der Waals surface area contributed by atoms with E-state index in [4.69, 9.17) is 0 Å². The van der Waals surface area contributed by atoms with Gasteiger partial charge in [0.15, 0.2) is 0 Å². The number of unbranched alkanes of at least 4 members (excludes halogenated alkanes) is 1. The summed E-state index contributed by atoms with van der Waals surface area (Å²) in [6.07, 6.45) is 0.988. The summed E-state index contributed by atoms with van der Waals surface area (Å²) in [6.45, 7) is 3.43. The van der Waals surface area contributed by atoms with E-state index in [2.05, 4.69) is 42.8 Å². The Kier molecular flexibility index (Phi) is 7.58. The monoisotopic (exact) mass is 431 g/mol. The molecule has 3 N–H and O–H groups in total. The maximum Gasteiger partial charge on any atom is 0.416 e. The molecule has 0 radical (unpaired) electrons. The number of anilines is 3. The number of rotatable bonds is 10. The van der Waals surface area contributed by atoms with E-state index in [-0.39, 0.29) is 12.5 Å². The molecule has 0 aliphatic heterocycles. The average Bonchev–Trinajstić information content (AvgIpc) is 2.77. The van der Waals surface area contributed by atoms with Crippen LogP contribution in [0.25, 0.3) is 0 Å². The van der Waals surface area contributed by atoms with Crippen molar-refractivity contribution in [2.24, 2.45) is 0 Å². The molecule has 3 rings (SSSR count). The molecule has 2 heterocycles. The number of hydrogen-bond acceptors (Lipinski definition) is 7. The van der Waals surface area contributed by atoms with Crippen LogP contribution in [0.15, 0.2) is 48.8 Å². The maximum atomic E-state index is 12.9. The van der Waals surface area contributed by atoms with Crippen molar-refractivity contribution in [3.8, 4) is 0 Å². The Bertz CT molecular complexity index is 965. The third kappa shape index (κ3) is 7.09. The first kappa shape index (κ1) is 22.3. The van der Waals surface area contributed by atoms with E-state index >= 15 is 0 Å². The second-order valence-corrected chi connectivity index (χ2v) is 6.85. The van der Waals surface area contributed by atoms with Crippen LogP contribution in [-0.4, -0.2) is 26.5 Å². The van der Waals surface area contributed by atoms with E-state index < -0.39 is 11.7 Å². The van der Waals surface area contributed by atoms with Crippen molar-refractivity contribution in [3.05, 3.63) is 65.5 Å². The van der Waals surface area contributed by atoms with E-state index in [9.17, 15) is 13.2 Å². The first-order valence-corrected chi connectivity index (χ1v) is 9.97. The molecule has 0 bridgehead atoms. The lowest BCUT2D eigenvalue weighted by Crippen LogP contribution is -2.13. The normalized spacial score (nSPS) is 11.2. The molecule has 0 amide bonds. The predicted molar refractivity (Wildman–Crippen MR) is 114 cm³/mol. The lowest BCUT2D eigenvalue weighted by atomic mass is 10.1. The standard InChI is InChI=1S/C21H24F3N7/c1-2-3-9-26-18-29-19(27-13-15-7-10-25-11-8-15)31-20(30-18)28-14-16-5-4-6-17(12-16)21(22,23)24/h4-8,10-12H,2-3,9,13-14H2,1H3,(H3,26,27,28,29,30,31). The summed E-state index contributed by atoms with van der Waals surface area (Å²) >= 11 is 0. The number of aromatic nitrogens is 4. The van der Waals surface area contributed by atoms with Crippen LogP contribution in [0.2, 0.25) is 0 Å². The highest BCUT2D eigenvalue weighted by Gasteiger charge is 2.30. The summed E-state index contributed by atoms with van der Waals surface area (Å²) < 4.78 is 38.8. The van der Waals surface area contributed by atoms with E-state index in [1.807, 2.05) is 12.1 Å². The molecule has 0 unspecified atom stereocenters. The zero-order valence-corrected chi connectivity index (χ0v) is 17.1. The molecule has 3 aromatic rings. The number of nitrogens with one attached hydrogen (secondary N) is 3. The Labute approximate surface area is 178 Å².